The van der Waals surface area contributed by atoms with Gasteiger partial charge in [0.05, 0.1) is 5.92 Å². The zero-order valence-corrected chi connectivity index (χ0v) is 15.8. The number of aliphatic carboxylic acids is 1. The van der Waals surface area contributed by atoms with Gasteiger partial charge in [0, 0.05) is 5.70 Å². The predicted molar refractivity (Wildman–Crippen MR) is 106 cm³/mol. The van der Waals surface area contributed by atoms with Crippen LogP contribution in [0.2, 0.25) is 0 Å². The number of carbonyl (C=O) groups is 2. The van der Waals surface area contributed by atoms with Gasteiger partial charge in [-0.1, -0.05) is 55.7 Å². The zero-order valence-electron chi connectivity index (χ0n) is 15.8. The molecule has 1 heterocycles. The quantitative estimate of drug-likeness (QED) is 0.840. The molecule has 28 heavy (non-hydrogen) atoms. The van der Waals surface area contributed by atoms with Gasteiger partial charge in [-0.05, 0) is 42.9 Å². The Morgan fingerprint density at radius 3 is 2.57 bits per heavy atom. The molecule has 4 rings (SSSR count). The third-order valence-corrected chi connectivity index (χ3v) is 6.09. The van der Waals surface area contributed by atoms with E-state index in [1.165, 1.54) is 11.3 Å². The van der Waals surface area contributed by atoms with Crippen LogP contribution < -0.4 is 5.73 Å². The smallest absolute Gasteiger partial charge is 0.310 e. The van der Waals surface area contributed by atoms with Crippen molar-refractivity contribution in [3.63, 3.8) is 0 Å². The highest BCUT2D eigenvalue weighted by Gasteiger charge is 2.54. The molecule has 1 aromatic rings. The van der Waals surface area contributed by atoms with E-state index in [4.69, 9.17) is 10.7 Å². The molecular weight excluding hydrogens is 354 g/mol. The summed E-state index contributed by atoms with van der Waals surface area (Å²) >= 11 is 0. The van der Waals surface area contributed by atoms with E-state index < -0.39 is 17.4 Å². The highest BCUT2D eigenvalue weighted by molar-refractivity contribution is 6.09. The summed E-state index contributed by atoms with van der Waals surface area (Å²) in [5.74, 6) is -1.53. The number of hydrogen-bond acceptors (Lipinski definition) is 4. The summed E-state index contributed by atoms with van der Waals surface area (Å²) in [4.78, 5) is 31.4. The van der Waals surface area contributed by atoms with Crippen LogP contribution in [0.5, 0.6) is 0 Å². The van der Waals surface area contributed by atoms with E-state index in [1.807, 2.05) is 30.3 Å². The lowest BCUT2D eigenvalue weighted by Crippen LogP contribution is -2.46. The zero-order chi connectivity index (χ0) is 19.7. The fourth-order valence-corrected chi connectivity index (χ4v) is 4.69. The van der Waals surface area contributed by atoms with E-state index in [2.05, 4.69) is 0 Å². The molecule has 1 saturated carbocycles. The van der Waals surface area contributed by atoms with Crippen molar-refractivity contribution in [3.8, 4) is 0 Å². The Hall–Kier alpha value is -2.89. The van der Waals surface area contributed by atoms with E-state index in [0.29, 0.717) is 12.1 Å². The van der Waals surface area contributed by atoms with Crippen molar-refractivity contribution in [3.05, 3.63) is 59.8 Å². The molecule has 0 radical (unpaired) electrons. The second kappa shape index (κ2) is 7.26. The number of nitrogens with two attached hydrogens (primary N) is 1. The second-order valence-electron chi connectivity index (χ2n) is 7.75. The minimum atomic E-state index is -1.03. The van der Waals surface area contributed by atoms with Gasteiger partial charge in [0.1, 0.15) is 0 Å². The van der Waals surface area contributed by atoms with Gasteiger partial charge in [0.15, 0.2) is 5.54 Å². The summed E-state index contributed by atoms with van der Waals surface area (Å²) in [6.45, 7) is 0. The molecule has 2 aliphatic carbocycles. The van der Waals surface area contributed by atoms with Crippen molar-refractivity contribution >= 4 is 17.8 Å². The largest absolute Gasteiger partial charge is 0.481 e. The van der Waals surface area contributed by atoms with E-state index in [1.54, 1.807) is 18.2 Å². The normalized spacial score (nSPS) is 28.2. The Morgan fingerprint density at radius 1 is 1.18 bits per heavy atom. The first-order chi connectivity index (χ1) is 13.5. The van der Waals surface area contributed by atoms with Crippen LogP contribution >= 0.6 is 0 Å². The fourth-order valence-electron chi connectivity index (χ4n) is 4.69. The summed E-state index contributed by atoms with van der Waals surface area (Å²) in [7, 11) is 0. The first-order valence-corrected chi connectivity index (χ1v) is 9.90. The van der Waals surface area contributed by atoms with Gasteiger partial charge >= 0.3 is 5.97 Å². The Kier molecular flexibility index (Phi) is 4.79. The van der Waals surface area contributed by atoms with Crippen LogP contribution in [-0.4, -0.2) is 27.8 Å². The van der Waals surface area contributed by atoms with Crippen molar-refractivity contribution < 1.29 is 14.7 Å². The molecule has 3 aliphatic rings. The first-order valence-electron chi connectivity index (χ1n) is 9.90. The molecule has 1 fully saturated rings. The minimum absolute atomic E-state index is 0.0862. The van der Waals surface area contributed by atoms with Gasteiger partial charge in [-0.3, -0.25) is 9.59 Å². The number of carboxylic acids is 1. The topological polar surface area (TPSA) is 96.0 Å². The number of allylic oxidation sites excluding steroid dienone is 2. The third-order valence-electron chi connectivity index (χ3n) is 6.09. The van der Waals surface area contributed by atoms with Crippen molar-refractivity contribution in [1.29, 1.82) is 0 Å². The Balaban J connectivity index is 1.78. The van der Waals surface area contributed by atoms with Crippen LogP contribution in [0.4, 0.5) is 0 Å². The Labute approximate surface area is 164 Å². The number of guanidine groups is 1. The molecule has 2 atom stereocenters. The van der Waals surface area contributed by atoms with Gasteiger partial charge in [0.25, 0.3) is 5.91 Å². The van der Waals surface area contributed by atoms with Crippen LogP contribution in [0.1, 0.15) is 44.1 Å². The van der Waals surface area contributed by atoms with Crippen LogP contribution in [0, 0.1) is 11.8 Å². The second-order valence-corrected chi connectivity index (χ2v) is 7.75. The van der Waals surface area contributed by atoms with E-state index >= 15 is 0 Å². The molecular formula is C22H25N3O3. The molecule has 0 bridgehead atoms. The number of nitrogens with zero attached hydrogens (tertiary/aromatic N) is 2. The van der Waals surface area contributed by atoms with Crippen molar-refractivity contribution in [2.75, 3.05) is 0 Å². The maximum absolute atomic E-state index is 13.8. The van der Waals surface area contributed by atoms with Crippen LogP contribution in [0.3, 0.4) is 0 Å². The van der Waals surface area contributed by atoms with E-state index in [9.17, 15) is 14.7 Å². The molecule has 6 nitrogen and oxygen atoms in total. The summed E-state index contributed by atoms with van der Waals surface area (Å²) < 4.78 is 0. The number of amides is 1. The van der Waals surface area contributed by atoms with E-state index in [0.717, 1.165) is 31.2 Å². The standard InChI is InChI=1S/C22H25N3O3/c23-21-24-22(16-9-3-1-4-10-16,17-11-5-2-6-12-17)20(28)25(21)18-13-7-8-15(14-18)19(26)27/h1,3-4,7,9-10,13-15,17H,2,5-6,8,11-12H2,(H2,23,24)(H,26,27). The monoisotopic (exact) mass is 379 g/mol. The summed E-state index contributed by atoms with van der Waals surface area (Å²) in [6, 6.07) is 9.64. The molecule has 1 aliphatic heterocycles. The van der Waals surface area contributed by atoms with Crippen LogP contribution in [0.25, 0.3) is 0 Å². The van der Waals surface area contributed by atoms with Gasteiger partial charge in [-0.25, -0.2) is 9.89 Å². The molecule has 146 valence electrons. The van der Waals surface area contributed by atoms with Gasteiger partial charge in [-0.15, -0.1) is 0 Å². The molecule has 1 aromatic carbocycles. The van der Waals surface area contributed by atoms with Gasteiger partial charge < -0.3 is 10.8 Å². The van der Waals surface area contributed by atoms with Crippen molar-refractivity contribution in [1.82, 2.24) is 4.90 Å². The SMILES string of the molecule is NC1=NC(c2ccccc2)(C2CCCCC2)C(=O)N1C1=CC(C(=O)O)CC=C1. The number of hydrogen-bond donors (Lipinski definition) is 2. The number of benzene rings is 1. The minimum Gasteiger partial charge on any atom is -0.481 e. The average Bonchev–Trinajstić information content (AvgIpc) is 3.00. The Bertz CT molecular complexity index is 868. The number of carboxylic acid groups (broad SMARTS) is 1. The summed E-state index contributed by atoms with van der Waals surface area (Å²) in [5, 5.41) is 9.37. The average molecular weight is 379 g/mol. The van der Waals surface area contributed by atoms with Crippen molar-refractivity contribution in [2.45, 2.75) is 44.1 Å². The third kappa shape index (κ3) is 2.93. The fraction of sp³-hybridized carbons (Fsp3) is 0.409. The first kappa shape index (κ1) is 18.5. The van der Waals surface area contributed by atoms with Crippen molar-refractivity contribution in [2.24, 2.45) is 22.6 Å². The number of rotatable bonds is 4. The number of carbonyl (C=O) groups excluding carboxylic acids is 1. The van der Waals surface area contributed by atoms with Crippen LogP contribution in [-0.2, 0) is 15.1 Å². The molecule has 0 aromatic heterocycles. The summed E-state index contributed by atoms with van der Waals surface area (Å²) in [5.41, 5.74) is 6.60. The Morgan fingerprint density at radius 2 is 1.89 bits per heavy atom. The highest BCUT2D eigenvalue weighted by atomic mass is 16.4. The lowest BCUT2D eigenvalue weighted by molar-refractivity contribution is -0.140. The molecule has 6 heteroatoms. The predicted octanol–water partition coefficient (Wildman–Crippen LogP) is 3.16. The lowest BCUT2D eigenvalue weighted by atomic mass is 9.71. The molecule has 1 amide bonds. The van der Waals surface area contributed by atoms with Gasteiger partial charge in [0.2, 0.25) is 5.96 Å². The molecule has 0 spiro atoms. The van der Waals surface area contributed by atoms with Gasteiger partial charge in [-0.2, -0.15) is 0 Å². The van der Waals surface area contributed by atoms with E-state index in [-0.39, 0.29) is 17.8 Å². The maximum Gasteiger partial charge on any atom is 0.310 e. The van der Waals surface area contributed by atoms with Crippen LogP contribution in [0.15, 0.2) is 59.2 Å². The molecule has 0 saturated heterocycles. The summed E-state index contributed by atoms with van der Waals surface area (Å²) in [6.07, 6.45) is 10.7. The maximum atomic E-state index is 13.8. The molecule has 3 N–H and O–H groups in total. The highest BCUT2D eigenvalue weighted by Crippen LogP contribution is 2.47. The molecule has 2 unspecified atom stereocenters. The number of aliphatic imine (C=N–C) groups is 1. The lowest BCUT2D eigenvalue weighted by Gasteiger charge is -2.36.